The lowest BCUT2D eigenvalue weighted by molar-refractivity contribution is 0.391. The van der Waals surface area contributed by atoms with Crippen LogP contribution in [0.15, 0.2) is 65.8 Å². The predicted molar refractivity (Wildman–Crippen MR) is 135 cm³/mol. The van der Waals surface area contributed by atoms with Crippen LogP contribution in [-0.4, -0.2) is 32.0 Å². The third-order valence-corrected chi connectivity index (χ3v) is 7.89. The zero-order chi connectivity index (χ0) is 26.6. The van der Waals surface area contributed by atoms with E-state index in [0.717, 1.165) is 27.5 Å². The molecule has 0 saturated carbocycles. The van der Waals surface area contributed by atoms with E-state index < -0.39 is 22.5 Å². The van der Waals surface area contributed by atoms with Gasteiger partial charge in [-0.3, -0.25) is 0 Å². The molecule has 1 heterocycles. The molecule has 37 heavy (non-hydrogen) atoms. The van der Waals surface area contributed by atoms with Gasteiger partial charge in [0.05, 0.1) is 25.7 Å². The van der Waals surface area contributed by atoms with Gasteiger partial charge in [-0.25, -0.2) is 26.5 Å². The van der Waals surface area contributed by atoms with Crippen LogP contribution < -0.4 is 18.5 Å². The molecule has 12 heteroatoms. The summed E-state index contributed by atoms with van der Waals surface area (Å²) in [6, 6.07) is 13.0. The fraction of sp³-hybridized carbons (Fsp3) is 0.200. The third-order valence-electron chi connectivity index (χ3n) is 5.36. The first-order valence-corrected chi connectivity index (χ1v) is 13.1. The fourth-order valence-corrected chi connectivity index (χ4v) is 5.75. The molecular weight excluding hydrogens is 524 g/mol. The van der Waals surface area contributed by atoms with Crippen LogP contribution in [-0.2, 0) is 23.2 Å². The molecule has 0 aliphatic rings. The van der Waals surface area contributed by atoms with Gasteiger partial charge in [-0.1, -0.05) is 6.07 Å². The van der Waals surface area contributed by atoms with Crippen molar-refractivity contribution in [2.75, 3.05) is 18.5 Å². The maximum atomic E-state index is 15.0. The number of rotatable bonds is 10. The number of anilines is 1. The van der Waals surface area contributed by atoms with Gasteiger partial charge < -0.3 is 14.2 Å². The number of hydrogen-bond donors (Lipinski definition) is 0. The number of aromatic nitrogens is 2. The van der Waals surface area contributed by atoms with Crippen molar-refractivity contribution in [1.29, 1.82) is 0 Å². The Balaban J connectivity index is 1.68. The SMILES string of the molecule is COc1ccc(CN(c2ncns2)S(=O)(=O)c2ccc(Oc3cc(C)cc(CF)c3)c(F)c2)c(OC)c1. The van der Waals surface area contributed by atoms with E-state index >= 15 is 4.39 Å². The summed E-state index contributed by atoms with van der Waals surface area (Å²) in [6.07, 6.45) is 1.23. The number of hydrogen-bond acceptors (Lipinski definition) is 8. The molecule has 0 aliphatic heterocycles. The van der Waals surface area contributed by atoms with Crippen molar-refractivity contribution in [3.05, 3.63) is 83.4 Å². The molecule has 0 bridgehead atoms. The number of alkyl halides is 1. The molecule has 4 rings (SSSR count). The maximum Gasteiger partial charge on any atom is 0.266 e. The van der Waals surface area contributed by atoms with E-state index in [0.29, 0.717) is 22.6 Å². The minimum Gasteiger partial charge on any atom is -0.497 e. The number of nitrogens with zero attached hydrogens (tertiary/aromatic N) is 3. The van der Waals surface area contributed by atoms with Crippen molar-refractivity contribution in [3.8, 4) is 23.0 Å². The smallest absolute Gasteiger partial charge is 0.266 e. The van der Waals surface area contributed by atoms with Gasteiger partial charge in [0.2, 0.25) is 5.13 Å². The molecule has 0 N–H and O–H groups in total. The quantitative estimate of drug-likeness (QED) is 0.253. The zero-order valence-corrected chi connectivity index (χ0v) is 21.8. The lowest BCUT2D eigenvalue weighted by Gasteiger charge is -2.23. The van der Waals surface area contributed by atoms with E-state index in [1.807, 2.05) is 0 Å². The molecule has 8 nitrogen and oxygen atoms in total. The summed E-state index contributed by atoms with van der Waals surface area (Å²) < 4.78 is 76.6. The molecule has 0 atom stereocenters. The Labute approximate surface area is 217 Å². The van der Waals surface area contributed by atoms with Crippen molar-refractivity contribution >= 4 is 26.7 Å². The van der Waals surface area contributed by atoms with Crippen molar-refractivity contribution in [2.24, 2.45) is 0 Å². The summed E-state index contributed by atoms with van der Waals surface area (Å²) >= 11 is 0.878. The minimum absolute atomic E-state index is 0.0946. The second-order valence-electron chi connectivity index (χ2n) is 7.90. The lowest BCUT2D eigenvalue weighted by atomic mass is 10.1. The minimum atomic E-state index is -4.28. The number of sulfonamides is 1. The predicted octanol–water partition coefficient (Wildman–Crippen LogP) is 5.66. The number of ether oxygens (including phenoxy) is 3. The summed E-state index contributed by atoms with van der Waals surface area (Å²) in [4.78, 5) is 3.74. The second kappa shape index (κ2) is 11.1. The highest BCUT2D eigenvalue weighted by atomic mass is 32.2. The van der Waals surface area contributed by atoms with Crippen molar-refractivity contribution in [2.45, 2.75) is 25.0 Å². The van der Waals surface area contributed by atoms with E-state index in [9.17, 15) is 12.8 Å². The monoisotopic (exact) mass is 547 g/mol. The molecule has 4 aromatic rings. The maximum absolute atomic E-state index is 15.0. The standard InChI is InChI=1S/C25H23F2N3O5S2/c1-16-8-17(13-26)10-20(9-16)35-23-7-6-21(12-22(23)27)37(31,32)30(25-28-15-29-36-25)14-18-4-5-19(33-2)11-24(18)34-3/h4-12,15H,13-14H2,1-3H3. The molecule has 0 saturated heterocycles. The Morgan fingerprint density at radius 1 is 0.973 bits per heavy atom. The number of aryl methyl sites for hydroxylation is 1. The van der Waals surface area contributed by atoms with Crippen LogP contribution in [0.5, 0.6) is 23.0 Å². The molecule has 0 radical (unpaired) electrons. The van der Waals surface area contributed by atoms with E-state index in [2.05, 4.69) is 9.36 Å². The van der Waals surface area contributed by atoms with Gasteiger partial charge in [0, 0.05) is 23.2 Å². The summed E-state index contributed by atoms with van der Waals surface area (Å²) in [6.45, 7) is 0.913. The van der Waals surface area contributed by atoms with Gasteiger partial charge in [0.15, 0.2) is 11.6 Å². The first-order valence-electron chi connectivity index (χ1n) is 10.9. The summed E-state index contributed by atoms with van der Waals surface area (Å²) in [5, 5.41) is 0.0946. The molecular formula is C25H23F2N3O5S2. The first-order chi connectivity index (χ1) is 17.7. The van der Waals surface area contributed by atoms with Gasteiger partial charge >= 0.3 is 0 Å². The average molecular weight is 548 g/mol. The molecule has 0 fully saturated rings. The Morgan fingerprint density at radius 2 is 1.78 bits per heavy atom. The van der Waals surface area contributed by atoms with Crippen LogP contribution in [0, 0.1) is 12.7 Å². The Morgan fingerprint density at radius 3 is 2.43 bits per heavy atom. The van der Waals surface area contributed by atoms with E-state index in [1.165, 1.54) is 38.7 Å². The first kappa shape index (κ1) is 26.3. The summed E-state index contributed by atoms with van der Waals surface area (Å²) in [5.74, 6) is 0.0853. The molecule has 0 amide bonds. The largest absolute Gasteiger partial charge is 0.497 e. The van der Waals surface area contributed by atoms with Crippen LogP contribution in [0.2, 0.25) is 0 Å². The van der Waals surface area contributed by atoms with E-state index in [-0.39, 0.29) is 28.1 Å². The van der Waals surface area contributed by atoms with E-state index in [1.54, 1.807) is 37.3 Å². The van der Waals surface area contributed by atoms with Gasteiger partial charge in [-0.15, -0.1) is 0 Å². The third kappa shape index (κ3) is 5.81. The number of methoxy groups -OCH3 is 2. The highest BCUT2D eigenvalue weighted by Gasteiger charge is 2.29. The molecule has 0 aliphatic carbocycles. The highest BCUT2D eigenvalue weighted by molar-refractivity contribution is 7.93. The van der Waals surface area contributed by atoms with Crippen LogP contribution in [0.4, 0.5) is 13.9 Å². The Kier molecular flexibility index (Phi) is 7.89. The topological polar surface area (TPSA) is 90.9 Å². The fourth-order valence-electron chi connectivity index (χ4n) is 3.61. The summed E-state index contributed by atoms with van der Waals surface area (Å²) in [5.41, 5.74) is 1.66. The molecule has 194 valence electrons. The van der Waals surface area contributed by atoms with Crippen LogP contribution in [0.1, 0.15) is 16.7 Å². The van der Waals surface area contributed by atoms with Crippen molar-refractivity contribution in [3.63, 3.8) is 0 Å². The zero-order valence-electron chi connectivity index (χ0n) is 20.1. The molecule has 0 unspecified atom stereocenters. The van der Waals surface area contributed by atoms with Gasteiger partial charge in [-0.2, -0.15) is 4.37 Å². The Bertz CT molecular complexity index is 1500. The second-order valence-corrected chi connectivity index (χ2v) is 10.5. The van der Waals surface area contributed by atoms with Gasteiger partial charge in [-0.05, 0) is 60.5 Å². The molecule has 1 aromatic heterocycles. The normalized spacial score (nSPS) is 11.3. The average Bonchev–Trinajstić information content (AvgIpc) is 3.42. The lowest BCUT2D eigenvalue weighted by Crippen LogP contribution is -2.30. The van der Waals surface area contributed by atoms with Crippen LogP contribution in [0.25, 0.3) is 0 Å². The number of halogens is 2. The Hall–Kier alpha value is -3.77. The van der Waals surface area contributed by atoms with Gasteiger partial charge in [0.25, 0.3) is 10.0 Å². The molecule has 0 spiro atoms. The van der Waals surface area contributed by atoms with Crippen LogP contribution >= 0.6 is 11.5 Å². The van der Waals surface area contributed by atoms with Crippen LogP contribution in [0.3, 0.4) is 0 Å². The van der Waals surface area contributed by atoms with Crippen molar-refractivity contribution in [1.82, 2.24) is 9.36 Å². The number of benzene rings is 3. The van der Waals surface area contributed by atoms with Gasteiger partial charge in [0.1, 0.15) is 30.3 Å². The molecule has 3 aromatic carbocycles. The van der Waals surface area contributed by atoms with Crippen molar-refractivity contribution < 1.29 is 31.4 Å². The van der Waals surface area contributed by atoms with E-state index in [4.69, 9.17) is 14.2 Å². The highest BCUT2D eigenvalue weighted by Crippen LogP contribution is 2.33. The summed E-state index contributed by atoms with van der Waals surface area (Å²) in [7, 11) is -1.32.